The van der Waals surface area contributed by atoms with Gasteiger partial charge < -0.3 is 19.5 Å². The van der Waals surface area contributed by atoms with E-state index in [4.69, 9.17) is 4.74 Å². The smallest absolute Gasteiger partial charge is 0.295 e. The molecule has 1 N–H and O–H groups in total. The van der Waals surface area contributed by atoms with Crippen molar-refractivity contribution in [1.82, 2.24) is 49.8 Å². The van der Waals surface area contributed by atoms with Crippen molar-refractivity contribution < 1.29 is 14.3 Å². The number of likely N-dealkylation sites (tertiary alicyclic amines) is 1. The van der Waals surface area contributed by atoms with Crippen LogP contribution < -0.4 is 9.64 Å². The number of aryl methyl sites for hydroxylation is 1. The van der Waals surface area contributed by atoms with Crippen LogP contribution in [0.15, 0.2) is 49.1 Å². The van der Waals surface area contributed by atoms with Gasteiger partial charge in [-0.3, -0.25) is 9.59 Å². The van der Waals surface area contributed by atoms with Crippen LogP contribution in [0.2, 0.25) is 0 Å². The van der Waals surface area contributed by atoms with Crippen molar-refractivity contribution in [3.05, 3.63) is 60.4 Å². The van der Waals surface area contributed by atoms with Crippen LogP contribution in [0.3, 0.4) is 0 Å². The Kier molecular flexibility index (Phi) is 5.54. The third-order valence-electron chi connectivity index (χ3n) is 7.65. The summed E-state index contributed by atoms with van der Waals surface area (Å²) in [5, 5.41) is 17.1. The summed E-state index contributed by atoms with van der Waals surface area (Å²) in [5.41, 5.74) is 1.65. The Morgan fingerprint density at radius 1 is 1.05 bits per heavy atom. The molecule has 202 valence electrons. The van der Waals surface area contributed by atoms with E-state index in [9.17, 15) is 9.59 Å². The van der Waals surface area contributed by atoms with Gasteiger partial charge in [-0.2, -0.15) is 9.78 Å². The number of aromatic nitrogens is 9. The first-order chi connectivity index (χ1) is 19.5. The van der Waals surface area contributed by atoms with Gasteiger partial charge in [-0.1, -0.05) is 23.3 Å². The number of nitrogens with one attached hydrogen (secondary N) is 1. The number of H-pyrrole nitrogens is 1. The lowest BCUT2D eigenvalue weighted by molar-refractivity contribution is -0.125. The molecule has 7 rings (SSSR count). The molecule has 40 heavy (non-hydrogen) atoms. The standard InChI is InChI=1S/C26H25N11O3/c1-15-29-14-36(31-15)24-22-21(20(40-2)9-28-24)19(8-27-22)23(38)25(39)34-10-16-12-35(13-17(16)11-34)26-30-32-33-37(26)18-6-4-3-5-7-18/h3-9,14,16-17,27H,10-13H2,1-2H3. The fourth-order valence-electron chi connectivity index (χ4n) is 5.76. The molecule has 1 amide bonds. The molecule has 1 aromatic carbocycles. The Morgan fingerprint density at radius 2 is 1.82 bits per heavy atom. The fraction of sp³-hybridized carbons (Fsp3) is 0.308. The van der Waals surface area contributed by atoms with E-state index in [0.717, 1.165) is 5.69 Å². The van der Waals surface area contributed by atoms with E-state index in [1.807, 2.05) is 30.3 Å². The highest BCUT2D eigenvalue weighted by atomic mass is 16.5. The molecule has 0 saturated carbocycles. The molecule has 4 aromatic heterocycles. The number of methoxy groups -OCH3 is 1. The number of Topliss-reactive ketones (excluding diaryl/α,β-unsaturated/α-hetero) is 1. The lowest BCUT2D eigenvalue weighted by atomic mass is 10.0. The molecule has 14 nitrogen and oxygen atoms in total. The number of carbonyl (C=O) groups excluding carboxylic acids is 2. The van der Waals surface area contributed by atoms with Gasteiger partial charge in [-0.15, -0.1) is 0 Å². The molecular formula is C26H25N11O3. The number of carbonyl (C=O) groups is 2. The molecule has 0 spiro atoms. The van der Waals surface area contributed by atoms with Crippen LogP contribution in [0.5, 0.6) is 5.75 Å². The lowest BCUT2D eigenvalue weighted by Gasteiger charge is -2.21. The molecule has 5 aromatic rings. The van der Waals surface area contributed by atoms with Gasteiger partial charge in [0, 0.05) is 44.2 Å². The van der Waals surface area contributed by atoms with Gasteiger partial charge in [0.15, 0.2) is 5.82 Å². The molecule has 0 radical (unpaired) electrons. The van der Waals surface area contributed by atoms with E-state index in [1.165, 1.54) is 24.2 Å². The summed E-state index contributed by atoms with van der Waals surface area (Å²) in [4.78, 5) is 42.5. The van der Waals surface area contributed by atoms with E-state index in [1.54, 1.807) is 22.8 Å². The average molecular weight is 540 g/mol. The van der Waals surface area contributed by atoms with Crippen LogP contribution in [-0.2, 0) is 4.79 Å². The summed E-state index contributed by atoms with van der Waals surface area (Å²) in [5.74, 6) is 1.39. The first kappa shape index (κ1) is 23.9. The monoisotopic (exact) mass is 539 g/mol. The maximum atomic E-state index is 13.5. The van der Waals surface area contributed by atoms with E-state index < -0.39 is 11.7 Å². The number of aromatic amines is 1. The van der Waals surface area contributed by atoms with Crippen molar-refractivity contribution in [2.24, 2.45) is 11.8 Å². The number of amides is 1. The molecular weight excluding hydrogens is 514 g/mol. The zero-order chi connectivity index (χ0) is 27.4. The normalized spacial score (nSPS) is 18.4. The topological polar surface area (TPSA) is 153 Å². The predicted molar refractivity (Wildman–Crippen MR) is 142 cm³/mol. The van der Waals surface area contributed by atoms with Crippen molar-refractivity contribution >= 4 is 28.5 Å². The maximum Gasteiger partial charge on any atom is 0.295 e. The van der Waals surface area contributed by atoms with Crippen molar-refractivity contribution in [2.45, 2.75) is 6.92 Å². The second-order valence-corrected chi connectivity index (χ2v) is 10.0. The minimum Gasteiger partial charge on any atom is -0.494 e. The molecule has 2 aliphatic rings. The van der Waals surface area contributed by atoms with Gasteiger partial charge >= 0.3 is 0 Å². The van der Waals surface area contributed by atoms with Gasteiger partial charge in [-0.05, 0) is 29.5 Å². The highest BCUT2D eigenvalue weighted by Gasteiger charge is 2.44. The Bertz CT molecular complexity index is 1730. The summed E-state index contributed by atoms with van der Waals surface area (Å²) in [6, 6.07) is 9.73. The molecule has 2 saturated heterocycles. The Labute approximate surface area is 227 Å². The van der Waals surface area contributed by atoms with Gasteiger partial charge in [0.1, 0.15) is 17.9 Å². The minimum atomic E-state index is -0.596. The van der Waals surface area contributed by atoms with E-state index >= 15 is 0 Å². The summed E-state index contributed by atoms with van der Waals surface area (Å²) < 4.78 is 8.74. The first-order valence-electron chi connectivity index (χ1n) is 12.9. The van der Waals surface area contributed by atoms with Gasteiger partial charge in [-0.25, -0.2) is 14.6 Å². The van der Waals surface area contributed by atoms with Crippen LogP contribution in [0.1, 0.15) is 16.2 Å². The molecule has 2 fully saturated rings. The second-order valence-electron chi connectivity index (χ2n) is 10.0. The largest absolute Gasteiger partial charge is 0.494 e. The number of rotatable bonds is 6. The number of ether oxygens (including phenoxy) is 1. The zero-order valence-corrected chi connectivity index (χ0v) is 21.8. The molecule has 6 heterocycles. The zero-order valence-electron chi connectivity index (χ0n) is 21.8. The van der Waals surface area contributed by atoms with Crippen LogP contribution >= 0.6 is 0 Å². The molecule has 2 aliphatic heterocycles. The number of benzene rings is 1. The van der Waals surface area contributed by atoms with Gasteiger partial charge in [0.25, 0.3) is 11.7 Å². The Hall–Kier alpha value is -5.14. The molecule has 0 aliphatic carbocycles. The summed E-state index contributed by atoms with van der Waals surface area (Å²) >= 11 is 0. The van der Waals surface area contributed by atoms with Gasteiger partial charge in [0.05, 0.1) is 35.5 Å². The summed E-state index contributed by atoms with van der Waals surface area (Å²) in [6.07, 6.45) is 4.59. The van der Waals surface area contributed by atoms with Crippen molar-refractivity contribution in [2.75, 3.05) is 38.2 Å². The number of nitrogens with zero attached hydrogens (tertiary/aromatic N) is 10. The molecule has 14 heteroatoms. The van der Waals surface area contributed by atoms with Crippen LogP contribution in [0.4, 0.5) is 5.95 Å². The predicted octanol–water partition coefficient (Wildman–Crippen LogP) is 1.21. The average Bonchev–Trinajstić information content (AvgIpc) is 3.79. The number of para-hydroxylation sites is 1. The minimum absolute atomic E-state index is 0.210. The molecule has 2 unspecified atom stereocenters. The third kappa shape index (κ3) is 3.79. The van der Waals surface area contributed by atoms with Gasteiger partial charge in [0.2, 0.25) is 5.95 Å². The van der Waals surface area contributed by atoms with Crippen molar-refractivity contribution in [3.8, 4) is 17.3 Å². The number of pyridine rings is 1. The van der Waals surface area contributed by atoms with E-state index in [2.05, 4.69) is 40.5 Å². The fourth-order valence-corrected chi connectivity index (χ4v) is 5.76. The van der Waals surface area contributed by atoms with Crippen LogP contribution in [-0.4, -0.2) is 94.8 Å². The Balaban J connectivity index is 1.10. The molecule has 0 bridgehead atoms. The summed E-state index contributed by atoms with van der Waals surface area (Å²) in [6.45, 7) is 4.15. The summed E-state index contributed by atoms with van der Waals surface area (Å²) in [7, 11) is 1.50. The Morgan fingerprint density at radius 3 is 2.52 bits per heavy atom. The third-order valence-corrected chi connectivity index (χ3v) is 7.65. The quantitative estimate of drug-likeness (QED) is 0.246. The van der Waals surface area contributed by atoms with Crippen molar-refractivity contribution in [1.29, 1.82) is 0 Å². The SMILES string of the molecule is COc1cnc(-n2cnc(C)n2)c2[nH]cc(C(=O)C(=O)N3CC4CN(c5nnnn5-c5ccccc5)CC4C3)c12. The highest BCUT2D eigenvalue weighted by molar-refractivity contribution is 6.45. The number of hydrogen-bond acceptors (Lipinski definition) is 10. The van der Waals surface area contributed by atoms with Crippen LogP contribution in [0.25, 0.3) is 22.4 Å². The first-order valence-corrected chi connectivity index (χ1v) is 12.9. The number of tetrazole rings is 1. The van der Waals surface area contributed by atoms with Crippen LogP contribution in [0, 0.1) is 18.8 Å². The number of ketones is 1. The second kappa shape index (κ2) is 9.25. The molecule has 2 atom stereocenters. The van der Waals surface area contributed by atoms with E-state index in [-0.39, 0.29) is 17.4 Å². The van der Waals surface area contributed by atoms with E-state index in [0.29, 0.717) is 60.4 Å². The van der Waals surface area contributed by atoms with Crippen molar-refractivity contribution in [3.63, 3.8) is 0 Å². The number of anilines is 1. The number of fused-ring (bicyclic) bond motifs is 2. The maximum absolute atomic E-state index is 13.5. The lowest BCUT2D eigenvalue weighted by Crippen LogP contribution is -2.38. The highest BCUT2D eigenvalue weighted by Crippen LogP contribution is 2.35. The number of hydrogen-bond donors (Lipinski definition) is 1.